The van der Waals surface area contributed by atoms with Crippen LogP contribution < -0.4 is 9.47 Å². The number of hydrogen-bond donors (Lipinski definition) is 0. The Hall–Kier alpha value is -2.56. The van der Waals surface area contributed by atoms with Gasteiger partial charge in [-0.3, -0.25) is 9.48 Å². The van der Waals surface area contributed by atoms with E-state index in [-0.39, 0.29) is 5.78 Å². The molecule has 5 heteroatoms. The molecule has 1 aromatic heterocycles. The zero-order chi connectivity index (χ0) is 17.4. The van der Waals surface area contributed by atoms with Gasteiger partial charge in [0.15, 0.2) is 17.3 Å². The number of methoxy groups -OCH3 is 2. The van der Waals surface area contributed by atoms with Crippen molar-refractivity contribution in [3.63, 3.8) is 0 Å². The quantitative estimate of drug-likeness (QED) is 0.795. The van der Waals surface area contributed by atoms with Crippen molar-refractivity contribution in [2.75, 3.05) is 14.2 Å². The van der Waals surface area contributed by atoms with Crippen molar-refractivity contribution in [2.45, 2.75) is 38.1 Å². The fourth-order valence-corrected chi connectivity index (χ4v) is 3.51. The molecule has 0 atom stereocenters. The number of aromatic nitrogens is 2. The predicted molar refractivity (Wildman–Crippen MR) is 95.3 cm³/mol. The predicted octanol–water partition coefficient (Wildman–Crippen LogP) is 3.84. The molecule has 4 rings (SSSR count). The topological polar surface area (TPSA) is 53.4 Å². The molecule has 0 radical (unpaired) electrons. The Bertz CT molecular complexity index is 847. The van der Waals surface area contributed by atoms with Gasteiger partial charge in [-0.2, -0.15) is 5.10 Å². The van der Waals surface area contributed by atoms with Crippen LogP contribution in [0.3, 0.4) is 0 Å². The number of ether oxygens (including phenoxy) is 2. The molecule has 0 N–H and O–H groups in total. The highest BCUT2D eigenvalue weighted by molar-refractivity contribution is 6.13. The molecular weight excluding hydrogens is 316 g/mol. The molecule has 1 aromatic carbocycles. The van der Waals surface area contributed by atoms with Crippen LogP contribution in [-0.4, -0.2) is 29.8 Å². The third-order valence-electron chi connectivity index (χ3n) is 5.22. The molecule has 2 aliphatic carbocycles. The second kappa shape index (κ2) is 6.39. The highest BCUT2D eigenvalue weighted by Crippen LogP contribution is 2.36. The van der Waals surface area contributed by atoms with E-state index in [9.17, 15) is 4.79 Å². The van der Waals surface area contributed by atoms with E-state index in [0.29, 0.717) is 23.1 Å². The summed E-state index contributed by atoms with van der Waals surface area (Å²) in [5.41, 5.74) is 3.55. The number of benzene rings is 1. The summed E-state index contributed by atoms with van der Waals surface area (Å²) in [7, 11) is 3.20. The van der Waals surface area contributed by atoms with Crippen molar-refractivity contribution in [1.82, 2.24) is 9.78 Å². The number of carbonyl (C=O) groups excluding carboxylic acids is 1. The highest BCUT2D eigenvalue weighted by Gasteiger charge is 2.25. The average Bonchev–Trinajstić information content (AvgIpc) is 3.02. The summed E-state index contributed by atoms with van der Waals surface area (Å²) in [6, 6.07) is 4.24. The SMILES string of the molecule is COc1cc2c(cc1OC)C(=O)/C(=C/c1cnn(C3CCC3)c1)CC2. The molecule has 25 heavy (non-hydrogen) atoms. The van der Waals surface area contributed by atoms with Crippen LogP contribution in [0, 0.1) is 0 Å². The smallest absolute Gasteiger partial charge is 0.189 e. The number of aryl methyl sites for hydroxylation is 1. The molecule has 1 heterocycles. The maximum atomic E-state index is 12.9. The second-order valence-electron chi connectivity index (χ2n) is 6.70. The van der Waals surface area contributed by atoms with Gasteiger partial charge in [-0.15, -0.1) is 0 Å². The number of ketones is 1. The van der Waals surface area contributed by atoms with Crippen molar-refractivity contribution in [3.05, 3.63) is 46.8 Å². The summed E-state index contributed by atoms with van der Waals surface area (Å²) in [4.78, 5) is 12.9. The van der Waals surface area contributed by atoms with Gasteiger partial charge in [0.05, 0.1) is 26.5 Å². The highest BCUT2D eigenvalue weighted by atomic mass is 16.5. The summed E-state index contributed by atoms with van der Waals surface area (Å²) >= 11 is 0. The molecule has 130 valence electrons. The van der Waals surface area contributed by atoms with Crippen LogP contribution in [0.2, 0.25) is 0 Å². The largest absolute Gasteiger partial charge is 0.493 e. The van der Waals surface area contributed by atoms with E-state index in [1.54, 1.807) is 20.3 Å². The average molecular weight is 338 g/mol. The maximum Gasteiger partial charge on any atom is 0.189 e. The zero-order valence-electron chi connectivity index (χ0n) is 14.6. The Morgan fingerprint density at radius 2 is 1.92 bits per heavy atom. The minimum Gasteiger partial charge on any atom is -0.493 e. The zero-order valence-corrected chi connectivity index (χ0v) is 14.6. The molecule has 1 fully saturated rings. The Balaban J connectivity index is 1.63. The van der Waals surface area contributed by atoms with E-state index < -0.39 is 0 Å². The van der Waals surface area contributed by atoms with Crippen LogP contribution in [0.5, 0.6) is 11.5 Å². The lowest BCUT2D eigenvalue weighted by Gasteiger charge is -2.25. The van der Waals surface area contributed by atoms with E-state index in [1.807, 2.05) is 29.2 Å². The lowest BCUT2D eigenvalue weighted by Crippen LogP contribution is -2.17. The lowest BCUT2D eigenvalue weighted by molar-refractivity contribution is 0.102. The normalized spacial score (nSPS) is 18.8. The van der Waals surface area contributed by atoms with Crippen LogP contribution in [-0.2, 0) is 6.42 Å². The first-order valence-corrected chi connectivity index (χ1v) is 8.74. The van der Waals surface area contributed by atoms with Crippen molar-refractivity contribution in [1.29, 1.82) is 0 Å². The molecule has 5 nitrogen and oxygen atoms in total. The van der Waals surface area contributed by atoms with Gasteiger partial charge in [0.1, 0.15) is 0 Å². The van der Waals surface area contributed by atoms with E-state index in [4.69, 9.17) is 9.47 Å². The number of fused-ring (bicyclic) bond motifs is 1. The van der Waals surface area contributed by atoms with E-state index in [0.717, 1.165) is 29.5 Å². The standard InChI is InChI=1S/C20H22N2O3/c1-24-18-9-14-6-7-15(20(23)17(14)10-19(18)25-2)8-13-11-21-22(12-13)16-4-3-5-16/h8-12,16H,3-7H2,1-2H3/b15-8+. The molecule has 0 bridgehead atoms. The van der Waals surface area contributed by atoms with Gasteiger partial charge in [0, 0.05) is 22.9 Å². The monoisotopic (exact) mass is 338 g/mol. The van der Waals surface area contributed by atoms with Gasteiger partial charge >= 0.3 is 0 Å². The van der Waals surface area contributed by atoms with Gasteiger partial charge in [0.2, 0.25) is 0 Å². The molecule has 0 unspecified atom stereocenters. The van der Waals surface area contributed by atoms with Gasteiger partial charge in [-0.05, 0) is 55.9 Å². The Morgan fingerprint density at radius 3 is 2.60 bits per heavy atom. The van der Waals surface area contributed by atoms with Crippen molar-refractivity contribution in [2.24, 2.45) is 0 Å². The minimum absolute atomic E-state index is 0.0681. The lowest BCUT2D eigenvalue weighted by atomic mass is 9.86. The van der Waals surface area contributed by atoms with Gasteiger partial charge in [0.25, 0.3) is 0 Å². The van der Waals surface area contributed by atoms with Crippen molar-refractivity contribution in [3.8, 4) is 11.5 Å². The second-order valence-corrected chi connectivity index (χ2v) is 6.70. The molecule has 0 amide bonds. The van der Waals surface area contributed by atoms with Crippen molar-refractivity contribution >= 4 is 11.9 Å². The third-order valence-corrected chi connectivity index (χ3v) is 5.22. The fraction of sp³-hybridized carbons (Fsp3) is 0.400. The Labute approximate surface area is 147 Å². The molecular formula is C20H22N2O3. The summed E-state index contributed by atoms with van der Waals surface area (Å²) < 4.78 is 12.7. The minimum atomic E-state index is 0.0681. The van der Waals surface area contributed by atoms with Gasteiger partial charge in [-0.25, -0.2) is 0 Å². The first-order chi connectivity index (χ1) is 12.2. The third kappa shape index (κ3) is 2.84. The Morgan fingerprint density at radius 1 is 1.16 bits per heavy atom. The number of Topliss-reactive ketones (excluding diaryl/α,β-unsaturated/α-hetero) is 1. The number of rotatable bonds is 4. The Kier molecular flexibility index (Phi) is 4.07. The number of nitrogens with zero attached hydrogens (tertiary/aromatic N) is 2. The van der Waals surface area contributed by atoms with Crippen molar-refractivity contribution < 1.29 is 14.3 Å². The number of carbonyl (C=O) groups is 1. The van der Waals surface area contributed by atoms with E-state index in [1.165, 1.54) is 19.3 Å². The van der Waals surface area contributed by atoms with E-state index >= 15 is 0 Å². The van der Waals surface area contributed by atoms with Gasteiger partial charge in [-0.1, -0.05) is 0 Å². The maximum absolute atomic E-state index is 12.9. The summed E-state index contributed by atoms with van der Waals surface area (Å²) in [5, 5.41) is 4.45. The molecule has 0 saturated heterocycles. The fourth-order valence-electron chi connectivity index (χ4n) is 3.51. The van der Waals surface area contributed by atoms with Crippen LogP contribution in [0.15, 0.2) is 30.1 Å². The number of allylic oxidation sites excluding steroid dienone is 1. The summed E-state index contributed by atoms with van der Waals surface area (Å²) in [5.74, 6) is 1.33. The molecule has 0 aliphatic heterocycles. The van der Waals surface area contributed by atoms with Crippen LogP contribution >= 0.6 is 0 Å². The molecule has 2 aromatic rings. The number of hydrogen-bond acceptors (Lipinski definition) is 4. The van der Waals surface area contributed by atoms with Crippen LogP contribution in [0.4, 0.5) is 0 Å². The molecule has 2 aliphatic rings. The molecule has 1 saturated carbocycles. The summed E-state index contributed by atoms with van der Waals surface area (Å²) in [6.07, 6.45) is 11.1. The van der Waals surface area contributed by atoms with Gasteiger partial charge < -0.3 is 9.47 Å². The first-order valence-electron chi connectivity index (χ1n) is 8.74. The van der Waals surface area contributed by atoms with Crippen LogP contribution in [0.25, 0.3) is 6.08 Å². The summed E-state index contributed by atoms with van der Waals surface area (Å²) in [6.45, 7) is 0. The van der Waals surface area contributed by atoms with Crippen LogP contribution in [0.1, 0.15) is 53.2 Å². The van der Waals surface area contributed by atoms with E-state index in [2.05, 4.69) is 5.10 Å². The molecule has 0 spiro atoms. The first kappa shape index (κ1) is 15.9.